The molecule has 0 aromatic heterocycles. The van der Waals surface area contributed by atoms with Crippen LogP contribution in [-0.2, 0) is 11.2 Å². The van der Waals surface area contributed by atoms with Gasteiger partial charge < -0.3 is 15.4 Å². The van der Waals surface area contributed by atoms with Crippen LogP contribution in [-0.4, -0.2) is 37.5 Å². The van der Waals surface area contributed by atoms with Gasteiger partial charge in [-0.15, -0.1) is 0 Å². The van der Waals surface area contributed by atoms with Crippen LogP contribution >= 0.6 is 0 Å². The minimum Gasteiger partial charge on any atom is -0.484 e. The number of likely N-dealkylation sites (tertiary alicyclic amines) is 1. The lowest BCUT2D eigenvalue weighted by atomic mass is 9.97. The maximum Gasteiger partial charge on any atom is 0.193 e. The second-order valence-electron chi connectivity index (χ2n) is 7.15. The maximum atomic E-state index is 6.30. The van der Waals surface area contributed by atoms with Crippen molar-refractivity contribution in [1.29, 1.82) is 0 Å². The van der Waals surface area contributed by atoms with Crippen molar-refractivity contribution in [2.75, 3.05) is 26.7 Å². The molecular weight excluding hydrogens is 334 g/mol. The molecule has 0 radical (unpaired) electrons. The summed E-state index contributed by atoms with van der Waals surface area (Å²) in [5, 5.41) is 0. The first-order chi connectivity index (χ1) is 13.2. The average Bonchev–Trinajstić information content (AvgIpc) is 2.67. The fraction of sp³-hybridized carbons (Fsp3) is 0.348. The Hall–Kier alpha value is -2.43. The molecule has 2 N–H and O–H groups in total. The molecule has 0 aliphatic carbocycles. The monoisotopic (exact) mass is 363 g/mol. The van der Waals surface area contributed by atoms with Gasteiger partial charge in [-0.3, -0.25) is 0 Å². The first-order valence-corrected chi connectivity index (χ1v) is 9.53. The number of methoxy groups -OCH3 is 1. The molecule has 1 fully saturated rings. The second-order valence-corrected chi connectivity index (χ2v) is 7.15. The number of rotatable bonds is 8. The number of allylic oxidation sites excluding steroid dienone is 1. The van der Waals surface area contributed by atoms with Crippen molar-refractivity contribution in [2.45, 2.75) is 18.9 Å². The standard InChI is InChI=1S/C23H29N3O/c1-18(15-19-9-5-3-6-10-19)25-23(27-2)21-16-26(17-21)14-13-22(24)20-11-7-4-8-12-20/h3-12,21-22H,1,13-17,24H2,2H3. The summed E-state index contributed by atoms with van der Waals surface area (Å²) in [6.07, 6.45) is 1.70. The van der Waals surface area contributed by atoms with Gasteiger partial charge in [-0.1, -0.05) is 67.2 Å². The molecule has 1 aliphatic heterocycles. The number of hydrogen-bond acceptors (Lipinski definition) is 4. The van der Waals surface area contributed by atoms with E-state index in [0.29, 0.717) is 5.92 Å². The average molecular weight is 364 g/mol. The van der Waals surface area contributed by atoms with Gasteiger partial charge in [0.2, 0.25) is 0 Å². The zero-order valence-corrected chi connectivity index (χ0v) is 16.1. The minimum atomic E-state index is 0.0893. The van der Waals surface area contributed by atoms with Crippen LogP contribution in [0.1, 0.15) is 23.6 Å². The van der Waals surface area contributed by atoms with Crippen LogP contribution in [0, 0.1) is 5.92 Å². The SMILES string of the molecule is C=C(Cc1ccccc1)N=C(OC)C1CN(CCC(N)c2ccccc2)C1. The Morgan fingerprint density at radius 3 is 2.41 bits per heavy atom. The fourth-order valence-electron chi connectivity index (χ4n) is 3.43. The Bertz CT molecular complexity index is 752. The largest absolute Gasteiger partial charge is 0.484 e. The molecule has 27 heavy (non-hydrogen) atoms. The van der Waals surface area contributed by atoms with Crippen molar-refractivity contribution in [3.05, 3.63) is 84.1 Å². The highest BCUT2D eigenvalue weighted by atomic mass is 16.5. The van der Waals surface area contributed by atoms with Crippen molar-refractivity contribution in [3.63, 3.8) is 0 Å². The van der Waals surface area contributed by atoms with Crippen molar-refractivity contribution < 1.29 is 4.74 Å². The Morgan fingerprint density at radius 2 is 1.78 bits per heavy atom. The normalized spacial score (nSPS) is 16.6. The van der Waals surface area contributed by atoms with Gasteiger partial charge in [0.25, 0.3) is 0 Å². The summed E-state index contributed by atoms with van der Waals surface area (Å²) in [5.74, 6) is 1.13. The van der Waals surface area contributed by atoms with Gasteiger partial charge in [0.1, 0.15) is 0 Å². The van der Waals surface area contributed by atoms with E-state index in [9.17, 15) is 0 Å². The molecule has 3 rings (SSSR count). The zero-order valence-electron chi connectivity index (χ0n) is 16.1. The Morgan fingerprint density at radius 1 is 1.15 bits per heavy atom. The molecule has 1 heterocycles. The van der Waals surface area contributed by atoms with E-state index in [-0.39, 0.29) is 6.04 Å². The summed E-state index contributed by atoms with van der Waals surface area (Å²) >= 11 is 0. The topological polar surface area (TPSA) is 50.8 Å². The number of aliphatic imine (C=N–C) groups is 1. The van der Waals surface area contributed by atoms with Crippen LogP contribution < -0.4 is 5.73 Å². The van der Waals surface area contributed by atoms with Crippen LogP contribution in [0.25, 0.3) is 0 Å². The Balaban J connectivity index is 1.45. The summed E-state index contributed by atoms with van der Waals surface area (Å²) in [5.41, 5.74) is 9.55. The van der Waals surface area contributed by atoms with Gasteiger partial charge in [-0.2, -0.15) is 0 Å². The van der Waals surface area contributed by atoms with E-state index in [0.717, 1.165) is 44.1 Å². The third-order valence-corrected chi connectivity index (χ3v) is 5.02. The summed E-state index contributed by atoms with van der Waals surface area (Å²) in [4.78, 5) is 7.04. The van der Waals surface area contributed by atoms with Crippen LogP contribution in [0.2, 0.25) is 0 Å². The molecular formula is C23H29N3O. The predicted octanol–water partition coefficient (Wildman–Crippen LogP) is 3.81. The lowest BCUT2D eigenvalue weighted by molar-refractivity contribution is 0.121. The Labute approximate surface area is 162 Å². The van der Waals surface area contributed by atoms with E-state index in [1.807, 2.05) is 36.4 Å². The van der Waals surface area contributed by atoms with Gasteiger partial charge in [0.15, 0.2) is 5.90 Å². The number of nitrogens with zero attached hydrogens (tertiary/aromatic N) is 2. The molecule has 4 heteroatoms. The van der Waals surface area contributed by atoms with Gasteiger partial charge in [0.05, 0.1) is 13.0 Å². The lowest BCUT2D eigenvalue weighted by Crippen LogP contribution is -2.51. The van der Waals surface area contributed by atoms with Gasteiger partial charge in [-0.25, -0.2) is 4.99 Å². The van der Waals surface area contributed by atoms with Gasteiger partial charge in [0, 0.05) is 31.2 Å². The Kier molecular flexibility index (Phi) is 6.80. The highest BCUT2D eigenvalue weighted by Gasteiger charge is 2.31. The van der Waals surface area contributed by atoms with E-state index in [2.05, 4.69) is 40.7 Å². The molecule has 1 aliphatic rings. The van der Waals surface area contributed by atoms with Gasteiger partial charge in [-0.05, 0) is 24.1 Å². The van der Waals surface area contributed by atoms with Gasteiger partial charge >= 0.3 is 0 Å². The molecule has 0 spiro atoms. The van der Waals surface area contributed by atoms with Crippen LogP contribution in [0.3, 0.4) is 0 Å². The summed E-state index contributed by atoms with van der Waals surface area (Å²) in [7, 11) is 1.70. The number of hydrogen-bond donors (Lipinski definition) is 1. The van der Waals surface area contributed by atoms with E-state index in [4.69, 9.17) is 10.5 Å². The molecule has 0 amide bonds. The molecule has 1 atom stereocenters. The maximum absolute atomic E-state index is 6.30. The molecule has 142 valence electrons. The third kappa shape index (κ3) is 5.52. The highest BCUT2D eigenvalue weighted by molar-refractivity contribution is 5.81. The van der Waals surface area contributed by atoms with Crippen LogP contribution in [0.4, 0.5) is 0 Å². The smallest absolute Gasteiger partial charge is 0.193 e. The zero-order chi connectivity index (χ0) is 19.1. The summed E-state index contributed by atoms with van der Waals surface area (Å²) in [6, 6.07) is 20.7. The minimum absolute atomic E-state index is 0.0893. The first kappa shape index (κ1) is 19.3. The lowest BCUT2D eigenvalue weighted by Gasteiger charge is -2.39. The highest BCUT2D eigenvalue weighted by Crippen LogP contribution is 2.22. The number of ether oxygens (including phenoxy) is 1. The molecule has 4 nitrogen and oxygen atoms in total. The predicted molar refractivity (Wildman–Crippen MR) is 112 cm³/mol. The summed E-state index contributed by atoms with van der Waals surface area (Å²) in [6.45, 7) is 7.02. The summed E-state index contributed by atoms with van der Waals surface area (Å²) < 4.78 is 5.54. The third-order valence-electron chi connectivity index (χ3n) is 5.02. The quantitative estimate of drug-likeness (QED) is 0.573. The van der Waals surface area contributed by atoms with E-state index in [1.54, 1.807) is 7.11 Å². The molecule has 0 saturated carbocycles. The number of benzene rings is 2. The molecule has 2 aromatic carbocycles. The van der Waals surface area contributed by atoms with Crippen molar-refractivity contribution in [2.24, 2.45) is 16.6 Å². The van der Waals surface area contributed by atoms with E-state index < -0.39 is 0 Å². The van der Waals surface area contributed by atoms with Crippen molar-refractivity contribution >= 4 is 5.90 Å². The van der Waals surface area contributed by atoms with Crippen LogP contribution in [0.15, 0.2) is 77.9 Å². The van der Waals surface area contributed by atoms with E-state index >= 15 is 0 Å². The fourth-order valence-corrected chi connectivity index (χ4v) is 3.43. The molecule has 1 saturated heterocycles. The first-order valence-electron chi connectivity index (χ1n) is 9.53. The molecule has 2 aromatic rings. The van der Waals surface area contributed by atoms with Crippen molar-refractivity contribution in [3.8, 4) is 0 Å². The molecule has 1 unspecified atom stereocenters. The number of nitrogens with two attached hydrogens (primary N) is 1. The molecule has 0 bridgehead atoms. The van der Waals surface area contributed by atoms with Crippen LogP contribution in [0.5, 0.6) is 0 Å². The second kappa shape index (κ2) is 9.49. The van der Waals surface area contributed by atoms with E-state index in [1.165, 1.54) is 11.1 Å². The van der Waals surface area contributed by atoms with Crippen molar-refractivity contribution in [1.82, 2.24) is 4.90 Å².